The number of carboxylic acid groups (broad SMARTS) is 1. The van der Waals surface area contributed by atoms with Gasteiger partial charge < -0.3 is 10.0 Å². The minimum Gasteiger partial charge on any atom is -0.478 e. The highest BCUT2D eigenvalue weighted by atomic mass is 16.4. The molecule has 1 saturated carbocycles. The van der Waals surface area contributed by atoms with Gasteiger partial charge in [-0.25, -0.2) is 9.59 Å². The number of carbonyl (C=O) groups is 1. The molecule has 1 aliphatic carbocycles. The van der Waals surface area contributed by atoms with Crippen molar-refractivity contribution in [3.05, 3.63) is 34.2 Å². The summed E-state index contributed by atoms with van der Waals surface area (Å²) in [6.07, 6.45) is 10.7. The molecule has 0 atom stereocenters. The summed E-state index contributed by atoms with van der Waals surface area (Å²) in [7, 11) is 0. The van der Waals surface area contributed by atoms with Crippen LogP contribution in [0, 0.1) is 0 Å². The van der Waals surface area contributed by atoms with Crippen LogP contribution >= 0.6 is 0 Å². The van der Waals surface area contributed by atoms with Crippen molar-refractivity contribution >= 4 is 17.0 Å². The van der Waals surface area contributed by atoms with E-state index in [2.05, 4.69) is 4.90 Å². The van der Waals surface area contributed by atoms with Crippen molar-refractivity contribution in [2.45, 2.75) is 70.4 Å². The van der Waals surface area contributed by atoms with Gasteiger partial charge in [0.15, 0.2) is 0 Å². The SMILES string of the molecule is O=C(O)c1ccc2c(c1)n(CCN1CCCCCC1)c(=O)n2C1CCCCC1. The normalized spacial score (nSPS) is 19.7. The number of hydrogen-bond donors (Lipinski definition) is 1. The largest absolute Gasteiger partial charge is 0.478 e. The summed E-state index contributed by atoms with van der Waals surface area (Å²) >= 11 is 0. The average Bonchev–Trinajstić information content (AvgIpc) is 2.86. The minimum absolute atomic E-state index is 0.0271. The Bertz CT molecular complexity index is 884. The van der Waals surface area contributed by atoms with E-state index in [4.69, 9.17) is 0 Å². The molecule has 0 unspecified atom stereocenters. The molecule has 0 spiro atoms. The van der Waals surface area contributed by atoms with E-state index in [9.17, 15) is 14.7 Å². The second kappa shape index (κ2) is 8.52. The lowest BCUT2D eigenvalue weighted by atomic mass is 9.95. The zero-order valence-corrected chi connectivity index (χ0v) is 16.6. The lowest BCUT2D eigenvalue weighted by molar-refractivity contribution is 0.0697. The van der Waals surface area contributed by atoms with Crippen LogP contribution in [0.1, 0.15) is 74.2 Å². The van der Waals surface area contributed by atoms with Gasteiger partial charge in [-0.2, -0.15) is 0 Å². The molecule has 2 heterocycles. The summed E-state index contributed by atoms with van der Waals surface area (Å²) in [6.45, 7) is 3.66. The third-order valence-corrected chi connectivity index (χ3v) is 6.49. The molecule has 2 aliphatic rings. The smallest absolute Gasteiger partial charge is 0.335 e. The van der Waals surface area contributed by atoms with E-state index in [1.165, 1.54) is 32.1 Å². The maximum atomic E-state index is 13.4. The first kappa shape index (κ1) is 19.2. The van der Waals surface area contributed by atoms with Gasteiger partial charge in [0.05, 0.1) is 16.6 Å². The molecule has 2 aromatic rings. The van der Waals surface area contributed by atoms with Crippen molar-refractivity contribution in [1.82, 2.24) is 14.0 Å². The fraction of sp³-hybridized carbons (Fsp3) is 0.636. The lowest BCUT2D eigenvalue weighted by Crippen LogP contribution is -2.33. The van der Waals surface area contributed by atoms with Gasteiger partial charge in [0.1, 0.15) is 0 Å². The number of carboxylic acids is 1. The van der Waals surface area contributed by atoms with Gasteiger partial charge in [0, 0.05) is 19.1 Å². The molecule has 152 valence electrons. The number of nitrogens with zero attached hydrogens (tertiary/aromatic N) is 3. The van der Waals surface area contributed by atoms with E-state index >= 15 is 0 Å². The van der Waals surface area contributed by atoms with Crippen molar-refractivity contribution in [1.29, 1.82) is 0 Å². The van der Waals surface area contributed by atoms with E-state index in [-0.39, 0.29) is 17.3 Å². The fourth-order valence-electron chi connectivity index (χ4n) is 4.92. The van der Waals surface area contributed by atoms with Crippen molar-refractivity contribution < 1.29 is 9.90 Å². The monoisotopic (exact) mass is 385 g/mol. The van der Waals surface area contributed by atoms with Crippen molar-refractivity contribution in [2.75, 3.05) is 19.6 Å². The third kappa shape index (κ3) is 3.88. The molecule has 1 saturated heterocycles. The molecule has 2 fully saturated rings. The molecule has 6 heteroatoms. The molecule has 28 heavy (non-hydrogen) atoms. The predicted octanol–water partition coefficient (Wildman–Crippen LogP) is 3.88. The van der Waals surface area contributed by atoms with Gasteiger partial charge in [-0.15, -0.1) is 0 Å². The zero-order valence-electron chi connectivity index (χ0n) is 16.6. The van der Waals surface area contributed by atoms with Crippen LogP contribution in [-0.4, -0.2) is 44.7 Å². The third-order valence-electron chi connectivity index (χ3n) is 6.49. The first-order chi connectivity index (χ1) is 13.6. The second-order valence-corrected chi connectivity index (χ2v) is 8.36. The summed E-state index contributed by atoms with van der Waals surface area (Å²) < 4.78 is 3.77. The van der Waals surface area contributed by atoms with Crippen LogP contribution in [-0.2, 0) is 6.54 Å². The summed E-state index contributed by atoms with van der Waals surface area (Å²) in [5.74, 6) is -0.946. The number of likely N-dealkylation sites (tertiary alicyclic amines) is 1. The van der Waals surface area contributed by atoms with Crippen LogP contribution in [0.25, 0.3) is 11.0 Å². The Balaban J connectivity index is 1.70. The van der Waals surface area contributed by atoms with Crippen LogP contribution in [0.4, 0.5) is 0 Å². The number of imidazole rings is 1. The molecule has 0 radical (unpaired) electrons. The van der Waals surface area contributed by atoms with Crippen LogP contribution in [0.15, 0.2) is 23.0 Å². The topological polar surface area (TPSA) is 67.5 Å². The number of aromatic nitrogens is 2. The van der Waals surface area contributed by atoms with Crippen molar-refractivity contribution in [3.8, 4) is 0 Å². The zero-order chi connectivity index (χ0) is 19.5. The number of rotatable bonds is 5. The molecular formula is C22H31N3O3. The first-order valence-corrected chi connectivity index (χ1v) is 10.9. The summed E-state index contributed by atoms with van der Waals surface area (Å²) in [5.41, 5.74) is 1.93. The van der Waals surface area contributed by atoms with E-state index in [1.54, 1.807) is 12.1 Å². The van der Waals surface area contributed by atoms with E-state index in [0.717, 1.165) is 56.4 Å². The van der Waals surface area contributed by atoms with Gasteiger partial charge in [-0.1, -0.05) is 32.1 Å². The number of aromatic carboxylic acids is 1. The molecule has 0 amide bonds. The second-order valence-electron chi connectivity index (χ2n) is 8.36. The molecular weight excluding hydrogens is 354 g/mol. The Labute approximate surface area is 165 Å². The van der Waals surface area contributed by atoms with Crippen molar-refractivity contribution in [2.24, 2.45) is 0 Å². The molecule has 1 aliphatic heterocycles. The maximum Gasteiger partial charge on any atom is 0.335 e. The Morgan fingerprint density at radius 1 is 0.929 bits per heavy atom. The van der Waals surface area contributed by atoms with Crippen LogP contribution in [0.3, 0.4) is 0 Å². The van der Waals surface area contributed by atoms with Gasteiger partial charge in [0.25, 0.3) is 0 Å². The molecule has 1 aromatic heterocycles. The van der Waals surface area contributed by atoms with E-state index < -0.39 is 5.97 Å². The lowest BCUT2D eigenvalue weighted by Gasteiger charge is -2.23. The average molecular weight is 386 g/mol. The number of benzene rings is 1. The Morgan fingerprint density at radius 2 is 1.61 bits per heavy atom. The highest BCUT2D eigenvalue weighted by molar-refractivity contribution is 5.92. The minimum atomic E-state index is -0.946. The molecule has 4 rings (SSSR count). The van der Waals surface area contributed by atoms with Crippen molar-refractivity contribution in [3.63, 3.8) is 0 Å². The first-order valence-electron chi connectivity index (χ1n) is 10.9. The Morgan fingerprint density at radius 3 is 2.29 bits per heavy atom. The van der Waals surface area contributed by atoms with E-state index in [0.29, 0.717) is 6.54 Å². The number of hydrogen-bond acceptors (Lipinski definition) is 3. The van der Waals surface area contributed by atoms with Gasteiger partial charge in [-0.3, -0.25) is 9.13 Å². The molecule has 0 bridgehead atoms. The standard InChI is InChI=1S/C22H31N3O3/c26-21(27)17-10-11-19-20(16-17)24(15-14-23-12-6-1-2-7-13-23)22(28)25(19)18-8-4-3-5-9-18/h10-11,16,18H,1-9,12-15H2,(H,26,27). The highest BCUT2D eigenvalue weighted by Gasteiger charge is 2.23. The predicted molar refractivity (Wildman–Crippen MR) is 110 cm³/mol. The molecule has 1 N–H and O–H groups in total. The quantitative estimate of drug-likeness (QED) is 0.848. The highest BCUT2D eigenvalue weighted by Crippen LogP contribution is 2.30. The number of fused-ring (bicyclic) bond motifs is 1. The molecule has 6 nitrogen and oxygen atoms in total. The molecule has 1 aromatic carbocycles. The van der Waals surface area contributed by atoms with Crippen LogP contribution in [0.2, 0.25) is 0 Å². The summed E-state index contributed by atoms with van der Waals surface area (Å²) in [6, 6.07) is 5.37. The van der Waals surface area contributed by atoms with Gasteiger partial charge >= 0.3 is 11.7 Å². The Hall–Kier alpha value is -2.08. The summed E-state index contributed by atoms with van der Waals surface area (Å²) in [4.78, 5) is 27.3. The van der Waals surface area contributed by atoms with Crippen LogP contribution in [0.5, 0.6) is 0 Å². The van der Waals surface area contributed by atoms with Gasteiger partial charge in [0.2, 0.25) is 0 Å². The maximum absolute atomic E-state index is 13.4. The summed E-state index contributed by atoms with van der Waals surface area (Å²) in [5, 5.41) is 9.42. The Kier molecular flexibility index (Phi) is 5.85. The van der Waals surface area contributed by atoms with Crippen LogP contribution < -0.4 is 5.69 Å². The van der Waals surface area contributed by atoms with Gasteiger partial charge in [-0.05, 0) is 57.0 Å². The fourth-order valence-corrected chi connectivity index (χ4v) is 4.92. The van der Waals surface area contributed by atoms with E-state index in [1.807, 2.05) is 15.2 Å².